The average Bonchev–Trinajstić information content (AvgIpc) is 3.47. The molecule has 1 unspecified atom stereocenters. The number of hydrogen-bond donors (Lipinski definition) is 2. The van der Waals surface area contributed by atoms with Gasteiger partial charge in [0.25, 0.3) is 0 Å². The Labute approximate surface area is 178 Å². The van der Waals surface area contributed by atoms with Gasteiger partial charge in [-0.1, -0.05) is 12.1 Å². The average molecular weight is 419 g/mol. The second kappa shape index (κ2) is 7.75. The number of carbonyl (C=O) groups is 1. The van der Waals surface area contributed by atoms with E-state index in [1.54, 1.807) is 18.0 Å². The number of aromatic amines is 1. The molecule has 0 saturated carbocycles. The monoisotopic (exact) mass is 419 g/mol. The number of amides is 1. The predicted octanol–water partition coefficient (Wildman–Crippen LogP) is 3.50. The fraction of sp³-hybridized carbons (Fsp3) is 0.381. The van der Waals surface area contributed by atoms with E-state index in [-0.39, 0.29) is 17.9 Å². The normalized spacial score (nSPS) is 19.1. The summed E-state index contributed by atoms with van der Waals surface area (Å²) in [4.78, 5) is 17.7. The van der Waals surface area contributed by atoms with Gasteiger partial charge in [-0.15, -0.1) is 0 Å². The quantitative estimate of drug-likeness (QED) is 0.625. The molecular formula is C21H21N7O3. The Hall–Kier alpha value is -3.87. The van der Waals surface area contributed by atoms with E-state index < -0.39 is 0 Å². The van der Waals surface area contributed by atoms with Crippen molar-refractivity contribution in [3.05, 3.63) is 58.3 Å². The van der Waals surface area contributed by atoms with Gasteiger partial charge in [-0.2, -0.15) is 5.10 Å². The third-order valence-corrected chi connectivity index (χ3v) is 5.97. The number of likely N-dealkylation sites (tertiary alicyclic amines) is 1. The summed E-state index contributed by atoms with van der Waals surface area (Å²) in [5, 5.41) is 18.7. The first-order chi connectivity index (χ1) is 15.2. The van der Waals surface area contributed by atoms with Gasteiger partial charge in [-0.25, -0.2) is 14.3 Å². The van der Waals surface area contributed by atoms with Gasteiger partial charge in [-0.05, 0) is 47.6 Å². The van der Waals surface area contributed by atoms with E-state index in [0.717, 1.165) is 35.5 Å². The van der Waals surface area contributed by atoms with Crippen LogP contribution in [0.15, 0.2) is 40.4 Å². The molecule has 2 aliphatic heterocycles. The van der Waals surface area contributed by atoms with Gasteiger partial charge in [-0.3, -0.25) is 5.10 Å². The molecule has 0 radical (unpaired) electrons. The maximum Gasteiger partial charge on any atom is 0.409 e. The van der Waals surface area contributed by atoms with Gasteiger partial charge < -0.3 is 15.0 Å². The van der Waals surface area contributed by atoms with E-state index in [1.165, 1.54) is 0 Å². The van der Waals surface area contributed by atoms with E-state index in [2.05, 4.69) is 30.7 Å². The number of H-pyrrole nitrogens is 1. The van der Waals surface area contributed by atoms with Crippen LogP contribution in [0, 0.1) is 12.5 Å². The molecule has 1 saturated heterocycles. The third-order valence-electron chi connectivity index (χ3n) is 5.97. The maximum absolute atomic E-state index is 12.1. The Kier molecular flexibility index (Phi) is 4.78. The molecule has 1 atom stereocenters. The molecule has 3 aromatic rings. The van der Waals surface area contributed by atoms with Crippen LogP contribution >= 0.6 is 0 Å². The summed E-state index contributed by atoms with van der Waals surface area (Å²) in [5.74, 6) is 0.554. The minimum Gasteiger partial charge on any atom is -0.450 e. The number of ether oxygens (including phenoxy) is 1. The van der Waals surface area contributed by atoms with Crippen molar-refractivity contribution < 1.29 is 14.2 Å². The highest BCUT2D eigenvalue weighted by Crippen LogP contribution is 2.45. The fourth-order valence-electron chi connectivity index (χ4n) is 4.49. The third kappa shape index (κ3) is 3.18. The molecule has 31 heavy (non-hydrogen) atoms. The van der Waals surface area contributed by atoms with E-state index in [1.807, 2.05) is 18.2 Å². The van der Waals surface area contributed by atoms with Crippen LogP contribution in [0.4, 0.5) is 10.6 Å². The second-order valence-electron chi connectivity index (χ2n) is 7.61. The van der Waals surface area contributed by atoms with Gasteiger partial charge >= 0.3 is 6.09 Å². The minimum atomic E-state index is -0.332. The van der Waals surface area contributed by atoms with E-state index >= 15 is 0 Å². The second-order valence-corrected chi connectivity index (χ2v) is 7.61. The molecule has 10 nitrogen and oxygen atoms in total. The van der Waals surface area contributed by atoms with Crippen molar-refractivity contribution >= 4 is 22.9 Å². The lowest BCUT2D eigenvalue weighted by Gasteiger charge is -2.36. The topological polar surface area (TPSA) is 114 Å². The summed E-state index contributed by atoms with van der Waals surface area (Å²) in [5.41, 5.74) is 4.51. The summed E-state index contributed by atoms with van der Waals surface area (Å²) in [6.45, 7) is 11.3. The van der Waals surface area contributed by atoms with Crippen LogP contribution in [0.1, 0.15) is 36.8 Å². The number of allylic oxidation sites excluding steroid dienone is 2. The summed E-state index contributed by atoms with van der Waals surface area (Å²) >= 11 is 0. The summed E-state index contributed by atoms with van der Waals surface area (Å²) in [6.07, 6.45) is 2.94. The molecule has 1 fully saturated rings. The molecule has 2 aliphatic rings. The van der Waals surface area contributed by atoms with Crippen LogP contribution in [0.2, 0.25) is 0 Å². The van der Waals surface area contributed by atoms with Crippen LogP contribution in [0.5, 0.6) is 0 Å². The van der Waals surface area contributed by atoms with Crippen LogP contribution in [-0.4, -0.2) is 51.2 Å². The first-order valence-corrected chi connectivity index (χ1v) is 10.3. The van der Waals surface area contributed by atoms with E-state index in [4.69, 9.17) is 15.9 Å². The molecule has 10 heteroatoms. The predicted molar refractivity (Wildman–Crippen MR) is 111 cm³/mol. The number of nitrogens with one attached hydrogen (secondary N) is 2. The molecular weight excluding hydrogens is 398 g/mol. The zero-order chi connectivity index (χ0) is 21.4. The van der Waals surface area contributed by atoms with Crippen molar-refractivity contribution in [2.45, 2.75) is 25.7 Å². The molecule has 0 aliphatic carbocycles. The summed E-state index contributed by atoms with van der Waals surface area (Å²) < 4.78 is 10.1. The van der Waals surface area contributed by atoms with Crippen molar-refractivity contribution in [2.75, 3.05) is 25.0 Å². The number of benzene rings is 1. The smallest absolute Gasteiger partial charge is 0.409 e. The van der Waals surface area contributed by atoms with Crippen LogP contribution in [0.25, 0.3) is 15.9 Å². The first-order valence-electron chi connectivity index (χ1n) is 10.3. The Morgan fingerprint density at radius 3 is 2.94 bits per heavy atom. The van der Waals surface area contributed by atoms with E-state index in [0.29, 0.717) is 36.4 Å². The maximum atomic E-state index is 12.1. The van der Waals surface area contributed by atoms with Gasteiger partial charge in [0.2, 0.25) is 0 Å². The number of rotatable bonds is 3. The Balaban J connectivity index is 1.53. The lowest BCUT2D eigenvalue weighted by Crippen LogP contribution is -2.40. The van der Waals surface area contributed by atoms with Gasteiger partial charge in [0.05, 0.1) is 25.3 Å². The number of piperidine rings is 1. The number of aromatic nitrogens is 4. The SMILES string of the molecule is [C-]#[N+]C1=C(C2CCN(C(=O)OCC)CC2)Nc2[nH]ncc2C1c1cccc2nonc12. The van der Waals surface area contributed by atoms with Gasteiger partial charge in [0.1, 0.15) is 16.9 Å². The van der Waals surface area contributed by atoms with Crippen molar-refractivity contribution in [2.24, 2.45) is 5.92 Å². The fourth-order valence-corrected chi connectivity index (χ4v) is 4.49. The van der Waals surface area contributed by atoms with Crippen molar-refractivity contribution in [3.8, 4) is 0 Å². The molecule has 0 bridgehead atoms. The molecule has 0 spiro atoms. The van der Waals surface area contributed by atoms with Gasteiger partial charge in [0, 0.05) is 24.4 Å². The number of fused-ring (bicyclic) bond motifs is 2. The molecule has 5 rings (SSSR count). The van der Waals surface area contributed by atoms with Crippen LogP contribution < -0.4 is 5.32 Å². The Bertz CT molecular complexity index is 1200. The Morgan fingerprint density at radius 1 is 1.32 bits per heavy atom. The molecule has 4 heterocycles. The molecule has 1 amide bonds. The van der Waals surface area contributed by atoms with Crippen LogP contribution in [0.3, 0.4) is 0 Å². The standard InChI is InChI=1S/C21H21N7O3/c1-3-30-21(29)28-9-7-12(8-10-28)17-19(22-2)16(14-11-23-25-20(14)24-17)13-5-4-6-15-18(13)27-31-26-15/h4-6,11-12,16H,3,7-10H2,1H3,(H2,23,24,25). The van der Waals surface area contributed by atoms with Gasteiger partial charge in [0.15, 0.2) is 5.70 Å². The lowest BCUT2D eigenvalue weighted by atomic mass is 9.81. The molecule has 2 aromatic heterocycles. The zero-order valence-corrected chi connectivity index (χ0v) is 17.0. The van der Waals surface area contributed by atoms with E-state index in [9.17, 15) is 4.79 Å². The molecule has 1 aromatic carbocycles. The number of carbonyl (C=O) groups excluding carboxylic acids is 1. The summed E-state index contributed by atoms with van der Waals surface area (Å²) in [6, 6.07) is 5.67. The van der Waals surface area contributed by atoms with Crippen LogP contribution in [-0.2, 0) is 4.74 Å². The Morgan fingerprint density at radius 2 is 2.16 bits per heavy atom. The first kappa shape index (κ1) is 19.1. The van der Waals surface area contributed by atoms with Crippen molar-refractivity contribution in [3.63, 3.8) is 0 Å². The number of anilines is 1. The molecule has 158 valence electrons. The van der Waals surface area contributed by atoms with Crippen molar-refractivity contribution in [1.29, 1.82) is 0 Å². The number of hydrogen-bond acceptors (Lipinski definition) is 7. The minimum absolute atomic E-state index is 0.114. The summed E-state index contributed by atoms with van der Waals surface area (Å²) in [7, 11) is 0. The zero-order valence-electron chi connectivity index (χ0n) is 17.0. The van der Waals surface area contributed by atoms with Crippen molar-refractivity contribution in [1.82, 2.24) is 25.4 Å². The highest BCUT2D eigenvalue weighted by Gasteiger charge is 2.37. The highest BCUT2D eigenvalue weighted by molar-refractivity contribution is 5.80. The largest absolute Gasteiger partial charge is 0.450 e. The number of nitrogens with zero attached hydrogens (tertiary/aromatic N) is 5. The lowest BCUT2D eigenvalue weighted by molar-refractivity contribution is 0.0945. The molecule has 2 N–H and O–H groups in total. The highest BCUT2D eigenvalue weighted by atomic mass is 16.6.